The number of carbonyl (C=O) groups excluding carboxylic acids is 1. The number of allylic oxidation sites excluding steroid dienone is 1. The van der Waals surface area contributed by atoms with E-state index in [4.69, 9.17) is 10.5 Å². The van der Waals surface area contributed by atoms with E-state index in [0.717, 1.165) is 92.6 Å². The second kappa shape index (κ2) is 12.6. The van der Waals surface area contributed by atoms with Gasteiger partial charge in [-0.05, 0) is 85.6 Å². The van der Waals surface area contributed by atoms with Crippen molar-refractivity contribution in [2.45, 2.75) is 33.2 Å². The maximum atomic E-state index is 13.6. The van der Waals surface area contributed by atoms with Gasteiger partial charge in [0.05, 0.1) is 30.8 Å². The summed E-state index contributed by atoms with van der Waals surface area (Å²) in [5, 5.41) is 6.55. The number of benzene rings is 1. The van der Waals surface area contributed by atoms with Gasteiger partial charge < -0.3 is 21.1 Å². The smallest absolute Gasteiger partial charge is 0.256 e. The van der Waals surface area contributed by atoms with Gasteiger partial charge in [0.2, 0.25) is 0 Å². The Kier molecular flexibility index (Phi) is 8.76. The molecule has 3 aliphatic rings. The number of likely N-dealkylation sites (tertiary alicyclic amines) is 1. The molecular formula is C31H40N6O2. The minimum atomic E-state index is -0.110. The fourth-order valence-electron chi connectivity index (χ4n) is 5.30. The number of amides is 1. The van der Waals surface area contributed by atoms with E-state index in [1.165, 1.54) is 12.0 Å². The third-order valence-corrected chi connectivity index (χ3v) is 7.74. The lowest BCUT2D eigenvalue weighted by Gasteiger charge is -2.30. The molecule has 1 aromatic heterocycles. The van der Waals surface area contributed by atoms with Crippen LogP contribution < -0.4 is 16.4 Å². The van der Waals surface area contributed by atoms with E-state index in [1.54, 1.807) is 12.4 Å². The summed E-state index contributed by atoms with van der Waals surface area (Å²) in [5.74, 6) is -0.110. The zero-order valence-electron chi connectivity index (χ0n) is 23.1. The molecule has 0 unspecified atom stereocenters. The number of ether oxygens (including phenoxy) is 1. The minimum absolute atomic E-state index is 0.110. The number of anilines is 2. The molecule has 5 rings (SSSR count). The summed E-state index contributed by atoms with van der Waals surface area (Å²) in [5.41, 5.74) is 14.7. The van der Waals surface area contributed by atoms with Gasteiger partial charge in [0, 0.05) is 49.5 Å². The summed E-state index contributed by atoms with van der Waals surface area (Å²) in [6.07, 6.45) is 7.77. The van der Waals surface area contributed by atoms with Crippen LogP contribution in [0.25, 0.3) is 11.1 Å². The zero-order valence-corrected chi connectivity index (χ0v) is 23.1. The molecule has 1 amide bonds. The van der Waals surface area contributed by atoms with Crippen LogP contribution in [-0.4, -0.2) is 73.2 Å². The highest BCUT2D eigenvalue weighted by Crippen LogP contribution is 2.35. The number of hydrogen-bond donors (Lipinski definition) is 3. The largest absolute Gasteiger partial charge is 0.404 e. The fourth-order valence-corrected chi connectivity index (χ4v) is 5.30. The van der Waals surface area contributed by atoms with Crippen molar-refractivity contribution in [3.63, 3.8) is 0 Å². The Morgan fingerprint density at radius 2 is 1.97 bits per heavy atom. The number of fused-ring (bicyclic) bond motifs is 1. The van der Waals surface area contributed by atoms with E-state index in [1.807, 2.05) is 19.1 Å². The number of rotatable bonds is 9. The van der Waals surface area contributed by atoms with Gasteiger partial charge >= 0.3 is 0 Å². The number of nitrogens with two attached hydrogens (primary N) is 1. The van der Waals surface area contributed by atoms with Crippen LogP contribution in [0.2, 0.25) is 0 Å². The molecule has 1 aromatic carbocycles. The normalized spacial score (nSPS) is 18.8. The Balaban J connectivity index is 1.34. The van der Waals surface area contributed by atoms with Crippen LogP contribution in [0.3, 0.4) is 0 Å². The number of pyridine rings is 1. The SMILES string of the molecule is CC/C(=C\C(=C/N)CN1CCOCC1)c1ccc2c(c1)C(C(=O)Nc1ccc(CN3CCC3)nc1)=C(C)CN2. The van der Waals surface area contributed by atoms with Crippen LogP contribution in [-0.2, 0) is 16.1 Å². The topological polar surface area (TPSA) is 95.7 Å². The van der Waals surface area contributed by atoms with Crippen molar-refractivity contribution in [3.05, 3.63) is 76.8 Å². The Labute approximate surface area is 231 Å². The van der Waals surface area contributed by atoms with Gasteiger partial charge in [0.1, 0.15) is 0 Å². The minimum Gasteiger partial charge on any atom is -0.404 e. The van der Waals surface area contributed by atoms with E-state index in [9.17, 15) is 4.79 Å². The summed E-state index contributed by atoms with van der Waals surface area (Å²) >= 11 is 0. The van der Waals surface area contributed by atoms with Crippen LogP contribution in [0.1, 0.15) is 43.5 Å². The Hall–Kier alpha value is -3.46. The summed E-state index contributed by atoms with van der Waals surface area (Å²) in [6.45, 7) is 12.1. The van der Waals surface area contributed by atoms with Crippen molar-refractivity contribution in [2.24, 2.45) is 5.73 Å². The molecule has 0 saturated carbocycles. The van der Waals surface area contributed by atoms with Gasteiger partial charge in [-0.15, -0.1) is 0 Å². The fraction of sp³-hybridized carbons (Fsp3) is 0.419. The van der Waals surface area contributed by atoms with E-state index < -0.39 is 0 Å². The molecule has 8 nitrogen and oxygen atoms in total. The Morgan fingerprint density at radius 3 is 2.64 bits per heavy atom. The van der Waals surface area contributed by atoms with Gasteiger partial charge in [-0.3, -0.25) is 19.6 Å². The molecule has 8 heteroatoms. The molecular weight excluding hydrogens is 488 g/mol. The predicted molar refractivity (Wildman–Crippen MR) is 158 cm³/mol. The zero-order chi connectivity index (χ0) is 27.2. The first-order chi connectivity index (χ1) is 19.0. The number of carbonyl (C=O) groups is 1. The van der Waals surface area contributed by atoms with Gasteiger partial charge in [0.25, 0.3) is 5.91 Å². The van der Waals surface area contributed by atoms with Crippen molar-refractivity contribution in [3.8, 4) is 0 Å². The number of nitrogens with one attached hydrogen (secondary N) is 2. The van der Waals surface area contributed by atoms with Crippen molar-refractivity contribution in [1.29, 1.82) is 0 Å². The van der Waals surface area contributed by atoms with Crippen molar-refractivity contribution in [2.75, 3.05) is 63.1 Å². The third-order valence-electron chi connectivity index (χ3n) is 7.74. The number of hydrogen-bond acceptors (Lipinski definition) is 7. The molecule has 0 atom stereocenters. The summed E-state index contributed by atoms with van der Waals surface area (Å²) in [6, 6.07) is 10.3. The first kappa shape index (κ1) is 27.1. The molecule has 0 bridgehead atoms. The molecule has 0 radical (unpaired) electrons. The van der Waals surface area contributed by atoms with Crippen LogP contribution in [0.4, 0.5) is 11.4 Å². The molecule has 3 aliphatic heterocycles. The molecule has 39 heavy (non-hydrogen) atoms. The van der Waals surface area contributed by atoms with Gasteiger partial charge in [-0.2, -0.15) is 0 Å². The predicted octanol–water partition coefficient (Wildman–Crippen LogP) is 4.09. The average Bonchev–Trinajstić information content (AvgIpc) is 2.94. The molecule has 2 fully saturated rings. The van der Waals surface area contributed by atoms with Crippen molar-refractivity contribution < 1.29 is 9.53 Å². The van der Waals surface area contributed by atoms with Gasteiger partial charge in [0.15, 0.2) is 0 Å². The second-order valence-electron chi connectivity index (χ2n) is 10.5. The quantitative estimate of drug-likeness (QED) is 0.422. The highest BCUT2D eigenvalue weighted by atomic mass is 16.5. The summed E-state index contributed by atoms with van der Waals surface area (Å²) in [4.78, 5) is 22.9. The van der Waals surface area contributed by atoms with Crippen molar-refractivity contribution in [1.82, 2.24) is 14.8 Å². The average molecular weight is 529 g/mol. The molecule has 0 spiro atoms. The van der Waals surface area contributed by atoms with Crippen LogP contribution >= 0.6 is 0 Å². The van der Waals surface area contributed by atoms with Crippen LogP contribution in [0, 0.1) is 0 Å². The van der Waals surface area contributed by atoms with Crippen molar-refractivity contribution >= 4 is 28.4 Å². The van der Waals surface area contributed by atoms with Crippen LogP contribution in [0.15, 0.2) is 60.0 Å². The molecule has 2 aromatic rings. The van der Waals surface area contributed by atoms with Crippen LogP contribution in [0.5, 0.6) is 0 Å². The highest BCUT2D eigenvalue weighted by molar-refractivity contribution is 6.27. The highest BCUT2D eigenvalue weighted by Gasteiger charge is 2.24. The summed E-state index contributed by atoms with van der Waals surface area (Å²) in [7, 11) is 0. The molecule has 0 aliphatic carbocycles. The first-order valence-corrected chi connectivity index (χ1v) is 14.0. The van der Waals surface area contributed by atoms with E-state index in [0.29, 0.717) is 17.8 Å². The Morgan fingerprint density at radius 1 is 1.15 bits per heavy atom. The molecule has 4 heterocycles. The monoisotopic (exact) mass is 528 g/mol. The van der Waals surface area contributed by atoms with E-state index in [2.05, 4.69) is 56.6 Å². The summed E-state index contributed by atoms with van der Waals surface area (Å²) < 4.78 is 5.48. The first-order valence-electron chi connectivity index (χ1n) is 14.0. The standard InChI is InChI=1S/C31H40N6O2/c1-3-24(15-23(17-32)20-37-11-13-39-14-12-37)25-5-8-29-28(16-25)30(22(2)18-34-29)31(38)35-26-6-7-27(33-19-26)21-36-9-4-10-36/h5-8,15-17,19,34H,3-4,9-14,18,20-21,32H2,1-2H3,(H,35,38)/b23-17+,24-15+. The van der Waals surface area contributed by atoms with E-state index >= 15 is 0 Å². The van der Waals surface area contributed by atoms with Gasteiger partial charge in [-0.1, -0.05) is 19.1 Å². The third kappa shape index (κ3) is 6.58. The van der Waals surface area contributed by atoms with Gasteiger partial charge in [-0.25, -0.2) is 0 Å². The molecule has 2 saturated heterocycles. The maximum absolute atomic E-state index is 13.6. The second-order valence-corrected chi connectivity index (χ2v) is 10.5. The number of aromatic nitrogens is 1. The molecule has 206 valence electrons. The molecule has 4 N–H and O–H groups in total. The maximum Gasteiger partial charge on any atom is 0.256 e. The number of nitrogens with zero attached hydrogens (tertiary/aromatic N) is 3. The Bertz CT molecular complexity index is 1270. The lowest BCUT2D eigenvalue weighted by molar-refractivity contribution is -0.111. The van der Waals surface area contributed by atoms with E-state index in [-0.39, 0.29) is 5.91 Å². The lowest BCUT2D eigenvalue weighted by Crippen LogP contribution is -2.37. The number of morpholine rings is 1. The lowest BCUT2D eigenvalue weighted by atomic mass is 9.90.